The lowest BCUT2D eigenvalue weighted by molar-refractivity contribution is 0.0596. The van der Waals surface area contributed by atoms with Crippen LogP contribution in [0.25, 0.3) is 5.69 Å². The highest BCUT2D eigenvalue weighted by Crippen LogP contribution is 2.21. The third kappa shape index (κ3) is 1.92. The van der Waals surface area contributed by atoms with Crippen molar-refractivity contribution in [3.8, 4) is 5.69 Å². The monoisotopic (exact) mass is 249 g/mol. The molecule has 0 spiro atoms. The Morgan fingerprint density at radius 1 is 1.50 bits per heavy atom. The Kier molecular flexibility index (Phi) is 3.01. The number of nitrogen functional groups attached to an aromatic ring is 1. The van der Waals surface area contributed by atoms with E-state index in [-0.39, 0.29) is 17.3 Å². The molecule has 6 heteroatoms. The molecule has 0 amide bonds. The second kappa shape index (κ2) is 4.48. The number of hydrogen-bond acceptors (Lipinski definition) is 4. The Labute approximate surface area is 103 Å². The molecule has 5 nitrogen and oxygen atoms in total. The molecule has 2 N–H and O–H groups in total. The first-order valence-corrected chi connectivity index (χ1v) is 5.22. The van der Waals surface area contributed by atoms with Gasteiger partial charge in [-0.25, -0.2) is 14.2 Å². The smallest absolute Gasteiger partial charge is 0.360 e. The van der Waals surface area contributed by atoms with Crippen molar-refractivity contribution in [2.24, 2.45) is 0 Å². The maximum atomic E-state index is 13.0. The minimum Gasteiger partial charge on any atom is -0.464 e. The van der Waals surface area contributed by atoms with E-state index in [0.29, 0.717) is 11.3 Å². The van der Waals surface area contributed by atoms with E-state index in [2.05, 4.69) is 9.72 Å². The number of carbonyl (C=O) groups is 1. The Balaban J connectivity index is 2.52. The molecule has 0 radical (unpaired) electrons. The number of nitrogens with zero attached hydrogens (tertiary/aromatic N) is 2. The molecule has 0 fully saturated rings. The summed E-state index contributed by atoms with van der Waals surface area (Å²) in [6, 6.07) is 4.27. The first-order valence-electron chi connectivity index (χ1n) is 5.22. The van der Waals surface area contributed by atoms with Crippen molar-refractivity contribution in [2.45, 2.75) is 6.92 Å². The Bertz CT molecular complexity index is 607. The lowest BCUT2D eigenvalue weighted by Gasteiger charge is -2.08. The third-order valence-electron chi connectivity index (χ3n) is 2.60. The minimum absolute atomic E-state index is 0.0428. The molecule has 0 unspecified atom stereocenters. The summed E-state index contributed by atoms with van der Waals surface area (Å²) >= 11 is 0. The van der Waals surface area contributed by atoms with Gasteiger partial charge in [0.15, 0.2) is 5.69 Å². The molecule has 1 aromatic carbocycles. The number of methoxy groups -OCH3 is 1. The number of nitrogens with two attached hydrogens (primary N) is 1. The quantitative estimate of drug-likeness (QED) is 0.822. The fourth-order valence-corrected chi connectivity index (χ4v) is 1.69. The number of benzene rings is 1. The number of esters is 1. The molecule has 0 aliphatic rings. The molecule has 2 aromatic rings. The van der Waals surface area contributed by atoms with E-state index in [0.717, 1.165) is 0 Å². The van der Waals surface area contributed by atoms with Crippen molar-refractivity contribution in [1.82, 2.24) is 9.55 Å². The number of halogens is 1. The maximum absolute atomic E-state index is 13.0. The molecular formula is C12H12FN3O2. The summed E-state index contributed by atoms with van der Waals surface area (Å²) in [5.41, 5.74) is 7.22. The molecule has 2 rings (SSSR count). The van der Waals surface area contributed by atoms with Crippen LogP contribution in [0.4, 0.5) is 10.2 Å². The highest BCUT2D eigenvalue weighted by molar-refractivity contribution is 5.92. The van der Waals surface area contributed by atoms with E-state index in [9.17, 15) is 9.18 Å². The zero-order valence-electron chi connectivity index (χ0n) is 9.98. The zero-order chi connectivity index (χ0) is 13.3. The van der Waals surface area contributed by atoms with Crippen LogP contribution in [-0.2, 0) is 4.74 Å². The molecule has 94 valence electrons. The fourth-order valence-electron chi connectivity index (χ4n) is 1.69. The number of rotatable bonds is 2. The van der Waals surface area contributed by atoms with Gasteiger partial charge in [-0.3, -0.25) is 4.57 Å². The van der Waals surface area contributed by atoms with Gasteiger partial charge in [-0.15, -0.1) is 0 Å². The minimum atomic E-state index is -0.606. The number of imidazole rings is 1. The highest BCUT2D eigenvalue weighted by atomic mass is 19.1. The van der Waals surface area contributed by atoms with Gasteiger partial charge in [0, 0.05) is 0 Å². The summed E-state index contributed by atoms with van der Waals surface area (Å²) in [6.45, 7) is 1.75. The number of aryl methyl sites for hydroxylation is 1. The van der Waals surface area contributed by atoms with Crippen LogP contribution in [0.1, 0.15) is 16.1 Å². The Morgan fingerprint density at radius 2 is 2.22 bits per heavy atom. The first-order chi connectivity index (χ1) is 8.54. The van der Waals surface area contributed by atoms with E-state index >= 15 is 0 Å². The average Bonchev–Trinajstić information content (AvgIpc) is 2.70. The second-order valence-corrected chi connectivity index (χ2v) is 3.77. The third-order valence-corrected chi connectivity index (χ3v) is 2.60. The lowest BCUT2D eigenvalue weighted by atomic mass is 10.2. The van der Waals surface area contributed by atoms with Crippen molar-refractivity contribution in [2.75, 3.05) is 12.8 Å². The van der Waals surface area contributed by atoms with Crippen molar-refractivity contribution in [3.63, 3.8) is 0 Å². The molecule has 0 saturated heterocycles. The first kappa shape index (κ1) is 12.1. The van der Waals surface area contributed by atoms with Crippen LogP contribution in [-0.4, -0.2) is 22.6 Å². The topological polar surface area (TPSA) is 70.1 Å². The van der Waals surface area contributed by atoms with E-state index in [1.165, 1.54) is 30.1 Å². The summed E-state index contributed by atoms with van der Waals surface area (Å²) in [5.74, 6) is -0.772. The zero-order valence-corrected chi connectivity index (χ0v) is 9.98. The van der Waals surface area contributed by atoms with Crippen molar-refractivity contribution >= 4 is 11.8 Å². The highest BCUT2D eigenvalue weighted by Gasteiger charge is 2.17. The van der Waals surface area contributed by atoms with Gasteiger partial charge >= 0.3 is 5.97 Å². The maximum Gasteiger partial charge on any atom is 0.360 e. The average molecular weight is 249 g/mol. The molecule has 18 heavy (non-hydrogen) atoms. The van der Waals surface area contributed by atoms with Crippen molar-refractivity contribution in [3.05, 3.63) is 41.6 Å². The van der Waals surface area contributed by atoms with E-state index in [1.807, 2.05) is 0 Å². The van der Waals surface area contributed by atoms with Gasteiger partial charge in [-0.2, -0.15) is 0 Å². The lowest BCUT2D eigenvalue weighted by Crippen LogP contribution is -2.08. The predicted molar refractivity (Wildman–Crippen MR) is 64.0 cm³/mol. The second-order valence-electron chi connectivity index (χ2n) is 3.77. The van der Waals surface area contributed by atoms with Gasteiger partial charge in [0.25, 0.3) is 0 Å². The molecule has 0 aliphatic carbocycles. The number of carbonyl (C=O) groups excluding carboxylic acids is 1. The fraction of sp³-hybridized carbons (Fsp3) is 0.167. The summed E-state index contributed by atoms with van der Waals surface area (Å²) in [7, 11) is 1.25. The van der Waals surface area contributed by atoms with Gasteiger partial charge < -0.3 is 10.5 Å². The van der Waals surface area contributed by atoms with E-state index in [1.54, 1.807) is 13.0 Å². The molecule has 1 aromatic heterocycles. The van der Waals surface area contributed by atoms with E-state index in [4.69, 9.17) is 5.73 Å². The Hall–Kier alpha value is -2.37. The molecule has 0 bridgehead atoms. The Morgan fingerprint density at radius 3 is 2.83 bits per heavy atom. The van der Waals surface area contributed by atoms with Crippen LogP contribution >= 0.6 is 0 Å². The van der Waals surface area contributed by atoms with Gasteiger partial charge in [0.2, 0.25) is 0 Å². The van der Waals surface area contributed by atoms with Crippen LogP contribution in [0, 0.1) is 12.7 Å². The predicted octanol–water partition coefficient (Wildman–Crippen LogP) is 1.69. The molecule has 1 heterocycles. The van der Waals surface area contributed by atoms with Gasteiger partial charge in [0.1, 0.15) is 18.0 Å². The standard InChI is InChI=1S/C12H12FN3O2/c1-7-5-8(13)3-4-9(7)16-6-15-10(11(16)14)12(17)18-2/h3-6H,14H2,1-2H3. The van der Waals surface area contributed by atoms with Crippen LogP contribution in [0.15, 0.2) is 24.5 Å². The number of hydrogen-bond donors (Lipinski definition) is 1. The summed E-state index contributed by atoms with van der Waals surface area (Å²) in [6.07, 6.45) is 1.40. The summed E-state index contributed by atoms with van der Waals surface area (Å²) in [5, 5.41) is 0. The molecule has 0 saturated carbocycles. The van der Waals surface area contributed by atoms with Gasteiger partial charge in [-0.05, 0) is 30.7 Å². The number of anilines is 1. The molecule has 0 aliphatic heterocycles. The molecule has 0 atom stereocenters. The number of ether oxygens (including phenoxy) is 1. The van der Waals surface area contributed by atoms with Crippen LogP contribution in [0.2, 0.25) is 0 Å². The SMILES string of the molecule is COC(=O)c1ncn(-c2ccc(F)cc2C)c1N. The van der Waals surface area contributed by atoms with Gasteiger partial charge in [-0.1, -0.05) is 0 Å². The van der Waals surface area contributed by atoms with Crippen LogP contribution in [0.5, 0.6) is 0 Å². The normalized spacial score (nSPS) is 10.4. The van der Waals surface area contributed by atoms with Crippen molar-refractivity contribution < 1.29 is 13.9 Å². The van der Waals surface area contributed by atoms with Crippen molar-refractivity contribution in [1.29, 1.82) is 0 Å². The van der Waals surface area contributed by atoms with Gasteiger partial charge in [0.05, 0.1) is 12.8 Å². The number of aromatic nitrogens is 2. The van der Waals surface area contributed by atoms with Crippen LogP contribution < -0.4 is 5.73 Å². The summed E-state index contributed by atoms with van der Waals surface area (Å²) in [4.78, 5) is 15.3. The summed E-state index contributed by atoms with van der Waals surface area (Å²) < 4.78 is 19.1. The van der Waals surface area contributed by atoms with Crippen LogP contribution in [0.3, 0.4) is 0 Å². The molecular weight excluding hydrogens is 237 g/mol. The van der Waals surface area contributed by atoms with E-state index < -0.39 is 5.97 Å². The largest absolute Gasteiger partial charge is 0.464 e.